The number of fused-ring (bicyclic) bond motifs is 1. The molecule has 3 amide bonds. The molecular formula is C26H32ClN3O3. The van der Waals surface area contributed by atoms with E-state index in [0.29, 0.717) is 30.1 Å². The molecule has 33 heavy (non-hydrogen) atoms. The first-order valence-electron chi connectivity index (χ1n) is 11.7. The van der Waals surface area contributed by atoms with E-state index in [4.69, 9.17) is 11.6 Å². The smallest absolute Gasteiger partial charge is 0.227 e. The first kappa shape index (κ1) is 24.8. The molecule has 3 rings (SSSR count). The predicted molar refractivity (Wildman–Crippen MR) is 132 cm³/mol. The Balaban J connectivity index is 1.62. The molecule has 176 valence electrons. The summed E-state index contributed by atoms with van der Waals surface area (Å²) in [6.45, 7) is 6.02. The van der Waals surface area contributed by atoms with E-state index in [1.807, 2.05) is 61.2 Å². The summed E-state index contributed by atoms with van der Waals surface area (Å²) in [4.78, 5) is 41.1. The van der Waals surface area contributed by atoms with Crippen LogP contribution in [0.2, 0.25) is 5.02 Å². The summed E-state index contributed by atoms with van der Waals surface area (Å²) in [5.74, 6) is -0.0757. The number of nitrogens with one attached hydrogen (secondary N) is 1. The van der Waals surface area contributed by atoms with Gasteiger partial charge in [0.05, 0.1) is 6.54 Å². The van der Waals surface area contributed by atoms with Gasteiger partial charge in [-0.05, 0) is 60.7 Å². The number of rotatable bonds is 10. The monoisotopic (exact) mass is 469 g/mol. The number of aryl methyl sites for hydroxylation is 1. The van der Waals surface area contributed by atoms with Crippen LogP contribution in [0, 0.1) is 0 Å². The molecule has 0 spiro atoms. The molecule has 1 aliphatic heterocycles. The Labute approximate surface area is 200 Å². The standard InChI is InChI=1S/C26H32ClN3O3/c1-3-15-29(16-4-2)25(32)14-12-24(31)28-22-10-11-23-20(17-22)7-13-26(33)30(23)18-19-5-8-21(27)9-6-19/h5-6,8-11,17H,3-4,7,12-16,18H2,1-2H3,(H,28,31). The van der Waals surface area contributed by atoms with Gasteiger partial charge in [0.25, 0.3) is 0 Å². The average Bonchev–Trinajstić information content (AvgIpc) is 2.80. The third-order valence-electron chi connectivity index (χ3n) is 5.72. The number of carbonyl (C=O) groups is 3. The second-order valence-corrected chi connectivity index (χ2v) is 8.82. The van der Waals surface area contributed by atoms with Crippen LogP contribution < -0.4 is 10.2 Å². The normalized spacial score (nSPS) is 12.9. The third-order valence-corrected chi connectivity index (χ3v) is 5.97. The largest absolute Gasteiger partial charge is 0.343 e. The summed E-state index contributed by atoms with van der Waals surface area (Å²) in [6, 6.07) is 13.1. The van der Waals surface area contributed by atoms with Crippen molar-refractivity contribution in [2.45, 2.75) is 58.9 Å². The van der Waals surface area contributed by atoms with E-state index in [-0.39, 0.29) is 30.6 Å². The maximum Gasteiger partial charge on any atom is 0.227 e. The Morgan fingerprint density at radius 1 is 1.00 bits per heavy atom. The summed E-state index contributed by atoms with van der Waals surface area (Å²) in [7, 11) is 0. The Bertz CT molecular complexity index is 985. The molecule has 2 aromatic rings. The highest BCUT2D eigenvalue weighted by molar-refractivity contribution is 6.30. The molecule has 0 aliphatic carbocycles. The number of hydrogen-bond acceptors (Lipinski definition) is 3. The number of halogens is 1. The van der Waals surface area contributed by atoms with Crippen molar-refractivity contribution in [3.63, 3.8) is 0 Å². The number of hydrogen-bond donors (Lipinski definition) is 1. The van der Waals surface area contributed by atoms with Crippen LogP contribution in [-0.4, -0.2) is 35.7 Å². The van der Waals surface area contributed by atoms with Crippen molar-refractivity contribution in [1.29, 1.82) is 0 Å². The van der Waals surface area contributed by atoms with E-state index >= 15 is 0 Å². The molecule has 0 aromatic heterocycles. The topological polar surface area (TPSA) is 69.7 Å². The zero-order valence-corrected chi connectivity index (χ0v) is 20.2. The number of nitrogens with zero attached hydrogens (tertiary/aromatic N) is 2. The Kier molecular flexibility index (Phi) is 8.89. The van der Waals surface area contributed by atoms with Crippen LogP contribution in [0.15, 0.2) is 42.5 Å². The molecule has 0 saturated carbocycles. The van der Waals surface area contributed by atoms with E-state index in [9.17, 15) is 14.4 Å². The highest BCUT2D eigenvalue weighted by Gasteiger charge is 2.24. The quantitative estimate of drug-likeness (QED) is 0.520. The molecule has 7 heteroatoms. The minimum Gasteiger partial charge on any atom is -0.343 e. The van der Waals surface area contributed by atoms with Crippen LogP contribution in [0.25, 0.3) is 0 Å². The summed E-state index contributed by atoms with van der Waals surface area (Å²) < 4.78 is 0. The lowest BCUT2D eigenvalue weighted by atomic mass is 9.99. The van der Waals surface area contributed by atoms with Gasteiger partial charge in [-0.25, -0.2) is 0 Å². The van der Waals surface area contributed by atoms with Crippen LogP contribution in [0.4, 0.5) is 11.4 Å². The zero-order valence-electron chi connectivity index (χ0n) is 19.4. The average molecular weight is 470 g/mol. The van der Waals surface area contributed by atoms with Crippen molar-refractivity contribution in [2.24, 2.45) is 0 Å². The lowest BCUT2D eigenvalue weighted by molar-refractivity contribution is -0.133. The van der Waals surface area contributed by atoms with Gasteiger partial charge in [-0.2, -0.15) is 0 Å². The minimum atomic E-state index is -0.179. The number of anilines is 2. The van der Waals surface area contributed by atoms with Crippen molar-refractivity contribution >= 4 is 40.7 Å². The zero-order chi connectivity index (χ0) is 23.8. The van der Waals surface area contributed by atoms with Crippen LogP contribution in [0.1, 0.15) is 57.1 Å². The molecule has 6 nitrogen and oxygen atoms in total. The predicted octanol–water partition coefficient (Wildman–Crippen LogP) is 5.19. The van der Waals surface area contributed by atoms with Gasteiger partial charge in [-0.1, -0.05) is 37.6 Å². The van der Waals surface area contributed by atoms with E-state index in [0.717, 1.165) is 42.7 Å². The second-order valence-electron chi connectivity index (χ2n) is 8.38. The molecule has 0 unspecified atom stereocenters. The van der Waals surface area contributed by atoms with Gasteiger partial charge in [-0.15, -0.1) is 0 Å². The van der Waals surface area contributed by atoms with Crippen LogP contribution >= 0.6 is 11.6 Å². The maximum atomic E-state index is 12.6. The SMILES string of the molecule is CCCN(CCC)C(=O)CCC(=O)Nc1ccc2c(c1)CCC(=O)N2Cc1ccc(Cl)cc1. The number of amides is 3. The van der Waals surface area contributed by atoms with Gasteiger partial charge in [-0.3, -0.25) is 14.4 Å². The molecule has 0 atom stereocenters. The third kappa shape index (κ3) is 6.81. The summed E-state index contributed by atoms with van der Waals surface area (Å²) >= 11 is 5.97. The molecule has 0 saturated heterocycles. The van der Waals surface area contributed by atoms with Gasteiger partial charge in [0.15, 0.2) is 0 Å². The summed E-state index contributed by atoms with van der Waals surface area (Å²) in [5.41, 5.74) is 3.58. The fraction of sp³-hybridized carbons (Fsp3) is 0.423. The number of carbonyl (C=O) groups excluding carboxylic acids is 3. The molecule has 0 radical (unpaired) electrons. The second kappa shape index (κ2) is 11.8. The van der Waals surface area contributed by atoms with Crippen molar-refractivity contribution < 1.29 is 14.4 Å². The molecule has 0 bridgehead atoms. The van der Waals surface area contributed by atoms with Gasteiger partial charge in [0.1, 0.15) is 0 Å². The fourth-order valence-corrected chi connectivity index (χ4v) is 4.21. The molecule has 1 aliphatic rings. The first-order chi connectivity index (χ1) is 15.9. The lowest BCUT2D eigenvalue weighted by Gasteiger charge is -2.30. The van der Waals surface area contributed by atoms with Crippen LogP contribution in [0.3, 0.4) is 0 Å². The van der Waals surface area contributed by atoms with Crippen molar-refractivity contribution in [1.82, 2.24) is 4.90 Å². The Hall–Kier alpha value is -2.86. The highest BCUT2D eigenvalue weighted by Crippen LogP contribution is 2.31. The Morgan fingerprint density at radius 3 is 2.36 bits per heavy atom. The highest BCUT2D eigenvalue weighted by atomic mass is 35.5. The van der Waals surface area contributed by atoms with E-state index in [1.165, 1.54) is 0 Å². The lowest BCUT2D eigenvalue weighted by Crippen LogP contribution is -2.34. The molecular weight excluding hydrogens is 438 g/mol. The first-order valence-corrected chi connectivity index (χ1v) is 12.0. The van der Waals surface area contributed by atoms with Crippen molar-refractivity contribution in [2.75, 3.05) is 23.3 Å². The van der Waals surface area contributed by atoms with Crippen molar-refractivity contribution in [3.8, 4) is 0 Å². The molecule has 1 N–H and O–H groups in total. The van der Waals surface area contributed by atoms with Gasteiger partial charge >= 0.3 is 0 Å². The Morgan fingerprint density at radius 2 is 1.70 bits per heavy atom. The van der Waals surface area contributed by atoms with Gasteiger partial charge in [0, 0.05) is 48.7 Å². The molecule has 0 fully saturated rings. The van der Waals surface area contributed by atoms with Crippen LogP contribution in [0.5, 0.6) is 0 Å². The minimum absolute atomic E-state index is 0.0237. The fourth-order valence-electron chi connectivity index (χ4n) is 4.09. The molecule has 1 heterocycles. The van der Waals surface area contributed by atoms with Crippen LogP contribution in [-0.2, 0) is 27.3 Å². The van der Waals surface area contributed by atoms with Gasteiger partial charge < -0.3 is 15.1 Å². The van der Waals surface area contributed by atoms with E-state index in [1.54, 1.807) is 4.90 Å². The van der Waals surface area contributed by atoms with E-state index < -0.39 is 0 Å². The molecule has 2 aromatic carbocycles. The van der Waals surface area contributed by atoms with E-state index in [2.05, 4.69) is 5.32 Å². The van der Waals surface area contributed by atoms with Crippen molar-refractivity contribution in [3.05, 3.63) is 58.6 Å². The summed E-state index contributed by atoms with van der Waals surface area (Å²) in [6.07, 6.45) is 3.24. The summed E-state index contributed by atoms with van der Waals surface area (Å²) in [5, 5.41) is 3.57. The maximum absolute atomic E-state index is 12.6. The number of benzene rings is 2. The van der Waals surface area contributed by atoms with Gasteiger partial charge in [0.2, 0.25) is 17.7 Å².